The first-order valence-electron chi connectivity index (χ1n) is 9.32. The number of pyridine rings is 1. The quantitative estimate of drug-likeness (QED) is 0.906. The molecule has 4 nitrogen and oxygen atoms in total. The van der Waals surface area contributed by atoms with Gasteiger partial charge in [-0.25, -0.2) is 4.39 Å². The summed E-state index contributed by atoms with van der Waals surface area (Å²) in [6.45, 7) is 6.52. The van der Waals surface area contributed by atoms with Gasteiger partial charge in [0.05, 0.1) is 11.2 Å². The summed E-state index contributed by atoms with van der Waals surface area (Å²) < 4.78 is 13.3. The van der Waals surface area contributed by atoms with Crippen LogP contribution in [0.1, 0.15) is 18.5 Å². The Labute approximate surface area is 148 Å². The molecule has 4 rings (SSSR count). The van der Waals surface area contributed by atoms with Crippen molar-refractivity contribution in [3.63, 3.8) is 0 Å². The second-order valence-electron chi connectivity index (χ2n) is 7.54. The first-order chi connectivity index (χ1) is 12.2. The van der Waals surface area contributed by atoms with Crippen LogP contribution in [0.3, 0.4) is 0 Å². The fourth-order valence-electron chi connectivity index (χ4n) is 4.33. The van der Waals surface area contributed by atoms with Crippen molar-refractivity contribution in [2.75, 3.05) is 39.3 Å². The van der Waals surface area contributed by atoms with Crippen molar-refractivity contribution in [1.29, 1.82) is 0 Å². The molecule has 0 saturated carbocycles. The molecule has 0 bridgehead atoms. The van der Waals surface area contributed by atoms with Crippen molar-refractivity contribution in [3.8, 4) is 0 Å². The van der Waals surface area contributed by atoms with Crippen LogP contribution in [-0.2, 0) is 6.54 Å². The van der Waals surface area contributed by atoms with E-state index < -0.39 is 0 Å². The monoisotopic (exact) mass is 343 g/mol. The Morgan fingerprint density at radius 3 is 2.64 bits per heavy atom. The highest BCUT2D eigenvalue weighted by Gasteiger charge is 2.33. The molecule has 2 saturated heterocycles. The lowest BCUT2D eigenvalue weighted by Gasteiger charge is -2.23. The van der Waals surface area contributed by atoms with Gasteiger partial charge in [-0.05, 0) is 62.0 Å². The van der Waals surface area contributed by atoms with E-state index in [1.165, 1.54) is 38.1 Å². The van der Waals surface area contributed by atoms with Crippen LogP contribution in [0.15, 0.2) is 30.3 Å². The van der Waals surface area contributed by atoms with E-state index in [-0.39, 0.29) is 12.4 Å². The molecular formula is C20H26FN3O. The van der Waals surface area contributed by atoms with E-state index >= 15 is 0 Å². The zero-order valence-corrected chi connectivity index (χ0v) is 14.6. The smallest absolute Gasteiger partial charge is 0.123 e. The van der Waals surface area contributed by atoms with E-state index in [2.05, 4.69) is 14.8 Å². The van der Waals surface area contributed by atoms with Gasteiger partial charge in [-0.15, -0.1) is 0 Å². The largest absolute Gasteiger partial charge is 0.396 e. The fraction of sp³-hybridized carbons (Fsp3) is 0.550. The summed E-state index contributed by atoms with van der Waals surface area (Å²) in [5.74, 6) is 0.671. The summed E-state index contributed by atoms with van der Waals surface area (Å²) >= 11 is 0. The molecule has 2 aromatic rings. The molecule has 2 atom stereocenters. The summed E-state index contributed by atoms with van der Waals surface area (Å²) in [4.78, 5) is 9.62. The highest BCUT2D eigenvalue weighted by molar-refractivity contribution is 5.78. The topological polar surface area (TPSA) is 39.6 Å². The molecule has 25 heavy (non-hydrogen) atoms. The van der Waals surface area contributed by atoms with E-state index in [0.717, 1.165) is 42.8 Å². The second kappa shape index (κ2) is 7.36. The van der Waals surface area contributed by atoms with Gasteiger partial charge in [-0.1, -0.05) is 6.07 Å². The minimum absolute atomic E-state index is 0.225. The Balaban J connectivity index is 1.42. The van der Waals surface area contributed by atoms with E-state index in [0.29, 0.717) is 11.8 Å². The Kier molecular flexibility index (Phi) is 4.97. The molecule has 134 valence electrons. The van der Waals surface area contributed by atoms with Crippen LogP contribution in [0.2, 0.25) is 0 Å². The second-order valence-corrected chi connectivity index (χ2v) is 7.54. The fourth-order valence-corrected chi connectivity index (χ4v) is 4.33. The maximum atomic E-state index is 13.3. The summed E-state index contributed by atoms with van der Waals surface area (Å²) in [5, 5.41) is 10.6. The third-order valence-electron chi connectivity index (χ3n) is 5.67. The molecule has 0 amide bonds. The Morgan fingerprint density at radius 2 is 1.84 bits per heavy atom. The van der Waals surface area contributed by atoms with Crippen LogP contribution >= 0.6 is 0 Å². The predicted octanol–water partition coefficient (Wildman–Crippen LogP) is 2.51. The molecule has 2 aliphatic heterocycles. The summed E-state index contributed by atoms with van der Waals surface area (Å²) in [6.07, 6.45) is 2.61. The minimum atomic E-state index is -0.225. The number of hydrogen-bond donors (Lipinski definition) is 1. The van der Waals surface area contributed by atoms with Crippen molar-refractivity contribution in [1.82, 2.24) is 14.8 Å². The average molecular weight is 343 g/mol. The van der Waals surface area contributed by atoms with Gasteiger partial charge in [-0.2, -0.15) is 0 Å². The summed E-state index contributed by atoms with van der Waals surface area (Å²) in [6, 6.07) is 8.66. The van der Waals surface area contributed by atoms with Crippen LogP contribution in [0.5, 0.6) is 0 Å². The number of hydrogen-bond acceptors (Lipinski definition) is 4. The molecular weight excluding hydrogens is 317 g/mol. The lowest BCUT2D eigenvalue weighted by Crippen LogP contribution is -2.31. The number of fused-ring (bicyclic) bond motifs is 1. The maximum absolute atomic E-state index is 13.3. The average Bonchev–Trinajstić information content (AvgIpc) is 3.25. The van der Waals surface area contributed by atoms with Gasteiger partial charge in [0.15, 0.2) is 0 Å². The van der Waals surface area contributed by atoms with Crippen molar-refractivity contribution >= 4 is 10.9 Å². The van der Waals surface area contributed by atoms with E-state index in [4.69, 9.17) is 0 Å². The number of halogens is 1. The molecule has 5 heteroatoms. The number of likely N-dealkylation sites (tertiary alicyclic amines) is 2. The van der Waals surface area contributed by atoms with Crippen molar-refractivity contribution < 1.29 is 9.50 Å². The number of rotatable bonds is 5. The van der Waals surface area contributed by atoms with Crippen molar-refractivity contribution in [3.05, 3.63) is 41.8 Å². The zero-order valence-electron chi connectivity index (χ0n) is 14.6. The van der Waals surface area contributed by atoms with Gasteiger partial charge >= 0.3 is 0 Å². The van der Waals surface area contributed by atoms with Crippen molar-refractivity contribution in [2.24, 2.45) is 11.8 Å². The Hall–Kier alpha value is -1.56. The van der Waals surface area contributed by atoms with Crippen LogP contribution in [0.25, 0.3) is 10.9 Å². The molecule has 1 aromatic carbocycles. The minimum Gasteiger partial charge on any atom is -0.396 e. The predicted molar refractivity (Wildman–Crippen MR) is 96.7 cm³/mol. The van der Waals surface area contributed by atoms with Gasteiger partial charge in [0.2, 0.25) is 0 Å². The van der Waals surface area contributed by atoms with Crippen LogP contribution < -0.4 is 0 Å². The van der Waals surface area contributed by atoms with E-state index in [9.17, 15) is 9.50 Å². The highest BCUT2D eigenvalue weighted by atomic mass is 19.1. The molecule has 0 aliphatic carbocycles. The molecule has 1 N–H and O–H groups in total. The van der Waals surface area contributed by atoms with Gasteiger partial charge in [0, 0.05) is 38.2 Å². The molecule has 2 aliphatic rings. The SMILES string of the molecule is OC[C@@H]1CN(Cc2ccc3cc(F)ccc3n2)C[C@@H]1CN1CCCC1. The standard InChI is InChI=1S/C20H26FN3O/c21-18-4-6-20-15(9-18)3-5-19(22-20)13-24-11-16(17(12-24)14-25)10-23-7-1-2-8-23/h3-6,9,16-17,25H,1-2,7-8,10-14H2/t16-,17-/m0/s1. The molecule has 1 aromatic heterocycles. The van der Waals surface area contributed by atoms with E-state index in [1.807, 2.05) is 12.1 Å². The number of aromatic nitrogens is 1. The number of benzene rings is 1. The highest BCUT2D eigenvalue weighted by Crippen LogP contribution is 2.27. The zero-order chi connectivity index (χ0) is 17.2. The van der Waals surface area contributed by atoms with Gasteiger partial charge in [0.25, 0.3) is 0 Å². The number of aliphatic hydroxyl groups excluding tert-OH is 1. The first kappa shape index (κ1) is 16.9. The maximum Gasteiger partial charge on any atom is 0.123 e. The van der Waals surface area contributed by atoms with Crippen LogP contribution in [0, 0.1) is 17.7 Å². The number of aliphatic hydroxyl groups is 1. The molecule has 3 heterocycles. The van der Waals surface area contributed by atoms with Crippen LogP contribution in [-0.4, -0.2) is 59.2 Å². The van der Waals surface area contributed by atoms with Crippen molar-refractivity contribution in [2.45, 2.75) is 19.4 Å². The molecule has 0 unspecified atom stereocenters. The number of nitrogens with zero attached hydrogens (tertiary/aromatic N) is 3. The lowest BCUT2D eigenvalue weighted by molar-refractivity contribution is 0.175. The lowest BCUT2D eigenvalue weighted by atomic mass is 9.96. The Morgan fingerprint density at radius 1 is 1.04 bits per heavy atom. The first-order valence-corrected chi connectivity index (χ1v) is 9.32. The Bertz CT molecular complexity index is 732. The third kappa shape index (κ3) is 3.84. The van der Waals surface area contributed by atoms with Crippen LogP contribution in [0.4, 0.5) is 4.39 Å². The molecule has 0 spiro atoms. The molecule has 2 fully saturated rings. The van der Waals surface area contributed by atoms with Gasteiger partial charge in [-0.3, -0.25) is 9.88 Å². The summed E-state index contributed by atoms with van der Waals surface area (Å²) in [5.41, 5.74) is 1.85. The van der Waals surface area contributed by atoms with E-state index in [1.54, 1.807) is 6.07 Å². The third-order valence-corrected chi connectivity index (χ3v) is 5.67. The summed E-state index contributed by atoms with van der Waals surface area (Å²) in [7, 11) is 0. The van der Waals surface area contributed by atoms with Gasteiger partial charge in [0.1, 0.15) is 5.82 Å². The normalized spacial score (nSPS) is 25.2. The van der Waals surface area contributed by atoms with Gasteiger partial charge < -0.3 is 10.0 Å². The molecule has 0 radical (unpaired) electrons.